The molecule has 1 aromatic heterocycles. The Labute approximate surface area is 120 Å². The molecule has 0 aliphatic heterocycles. The van der Waals surface area contributed by atoms with Crippen LogP contribution in [-0.4, -0.2) is 10.1 Å². The van der Waals surface area contributed by atoms with Crippen molar-refractivity contribution in [3.63, 3.8) is 0 Å². The number of benzene rings is 1. The second kappa shape index (κ2) is 6.00. The molecule has 1 heterocycles. The second-order valence-electron chi connectivity index (χ2n) is 3.44. The van der Waals surface area contributed by atoms with Gasteiger partial charge < -0.3 is 10.6 Å². The van der Waals surface area contributed by atoms with Gasteiger partial charge in [-0.3, -0.25) is 4.98 Å². The predicted octanol–water partition coefficient (Wildman–Crippen LogP) is 4.20. The van der Waals surface area contributed by atoms with Crippen molar-refractivity contribution in [2.24, 2.45) is 0 Å². The summed E-state index contributed by atoms with van der Waals surface area (Å²) >= 11 is 16.9. The minimum atomic E-state index is 0.472. The first-order valence-electron chi connectivity index (χ1n) is 5.08. The van der Waals surface area contributed by atoms with Gasteiger partial charge in [0.05, 0.1) is 10.0 Å². The van der Waals surface area contributed by atoms with Crippen LogP contribution in [0.2, 0.25) is 10.0 Å². The highest BCUT2D eigenvalue weighted by Crippen LogP contribution is 2.25. The molecule has 0 fully saturated rings. The Bertz CT molecular complexity index is 561. The first-order chi connectivity index (χ1) is 8.65. The molecule has 0 atom stereocenters. The average Bonchev–Trinajstić information content (AvgIpc) is 2.35. The molecular weight excluding hydrogens is 289 g/mol. The summed E-state index contributed by atoms with van der Waals surface area (Å²) in [4.78, 5) is 3.92. The standard InChI is InChI=1S/C12H9Cl2N3S/c13-10-2-1-9(7-11(10)14)17-12(18)16-8-3-5-15-6-4-8/h1-7H,(H2,15,16,17,18). The number of nitrogens with one attached hydrogen (secondary N) is 2. The number of hydrogen-bond donors (Lipinski definition) is 2. The fraction of sp³-hybridized carbons (Fsp3) is 0. The molecule has 92 valence electrons. The van der Waals surface area contributed by atoms with Crippen LogP contribution in [0.5, 0.6) is 0 Å². The zero-order valence-electron chi connectivity index (χ0n) is 9.15. The average molecular weight is 298 g/mol. The summed E-state index contributed by atoms with van der Waals surface area (Å²) in [6.45, 7) is 0. The monoisotopic (exact) mass is 297 g/mol. The van der Waals surface area contributed by atoms with E-state index < -0.39 is 0 Å². The summed E-state index contributed by atoms with van der Waals surface area (Å²) in [6, 6.07) is 8.87. The van der Waals surface area contributed by atoms with Crippen LogP contribution >= 0.6 is 35.4 Å². The molecule has 1 aromatic carbocycles. The van der Waals surface area contributed by atoms with E-state index in [4.69, 9.17) is 35.4 Å². The lowest BCUT2D eigenvalue weighted by Gasteiger charge is -2.10. The molecule has 0 aliphatic rings. The van der Waals surface area contributed by atoms with Crippen LogP contribution in [0.15, 0.2) is 42.7 Å². The molecule has 0 unspecified atom stereocenters. The van der Waals surface area contributed by atoms with Gasteiger partial charge in [0.1, 0.15) is 0 Å². The minimum Gasteiger partial charge on any atom is -0.332 e. The SMILES string of the molecule is S=C(Nc1ccncc1)Nc1ccc(Cl)c(Cl)c1. The molecule has 0 saturated carbocycles. The summed E-state index contributed by atoms with van der Waals surface area (Å²) in [5, 5.41) is 7.51. The van der Waals surface area contributed by atoms with Gasteiger partial charge in [0.2, 0.25) is 0 Å². The van der Waals surface area contributed by atoms with Crippen molar-refractivity contribution in [3.8, 4) is 0 Å². The zero-order valence-corrected chi connectivity index (χ0v) is 11.5. The number of halogens is 2. The van der Waals surface area contributed by atoms with E-state index in [2.05, 4.69) is 15.6 Å². The topological polar surface area (TPSA) is 37.0 Å². The second-order valence-corrected chi connectivity index (χ2v) is 4.67. The molecule has 0 spiro atoms. The summed E-state index contributed by atoms with van der Waals surface area (Å²) in [5.74, 6) is 0. The van der Waals surface area contributed by atoms with Gasteiger partial charge in [-0.25, -0.2) is 0 Å². The summed E-state index contributed by atoms with van der Waals surface area (Å²) in [7, 11) is 0. The van der Waals surface area contributed by atoms with Crippen LogP contribution in [-0.2, 0) is 0 Å². The van der Waals surface area contributed by atoms with Gasteiger partial charge >= 0.3 is 0 Å². The van der Waals surface area contributed by atoms with Crippen molar-refractivity contribution in [1.29, 1.82) is 0 Å². The van der Waals surface area contributed by atoms with E-state index in [9.17, 15) is 0 Å². The predicted molar refractivity (Wildman–Crippen MR) is 80.5 cm³/mol. The molecule has 2 aromatic rings. The van der Waals surface area contributed by atoms with E-state index in [1.54, 1.807) is 30.6 Å². The number of thiocarbonyl (C=S) groups is 1. The van der Waals surface area contributed by atoms with Gasteiger partial charge in [-0.1, -0.05) is 23.2 Å². The van der Waals surface area contributed by atoms with Crippen molar-refractivity contribution < 1.29 is 0 Å². The van der Waals surface area contributed by atoms with Crippen molar-refractivity contribution in [2.75, 3.05) is 10.6 Å². The van der Waals surface area contributed by atoms with Crippen LogP contribution in [0.4, 0.5) is 11.4 Å². The van der Waals surface area contributed by atoms with E-state index in [0.717, 1.165) is 11.4 Å². The third kappa shape index (κ3) is 3.57. The maximum absolute atomic E-state index is 5.91. The number of hydrogen-bond acceptors (Lipinski definition) is 2. The first-order valence-corrected chi connectivity index (χ1v) is 6.24. The van der Waals surface area contributed by atoms with E-state index in [1.807, 2.05) is 12.1 Å². The highest BCUT2D eigenvalue weighted by molar-refractivity contribution is 7.80. The Morgan fingerprint density at radius 1 is 0.944 bits per heavy atom. The molecule has 18 heavy (non-hydrogen) atoms. The number of nitrogens with zero attached hydrogens (tertiary/aromatic N) is 1. The van der Waals surface area contributed by atoms with Gasteiger partial charge in [0.15, 0.2) is 5.11 Å². The maximum atomic E-state index is 5.91. The fourth-order valence-electron chi connectivity index (χ4n) is 1.30. The van der Waals surface area contributed by atoms with Crippen LogP contribution < -0.4 is 10.6 Å². The normalized spacial score (nSPS) is 9.89. The van der Waals surface area contributed by atoms with Crippen LogP contribution in [0.1, 0.15) is 0 Å². The molecular formula is C12H9Cl2N3S. The molecule has 6 heteroatoms. The van der Waals surface area contributed by atoms with E-state index in [-0.39, 0.29) is 0 Å². The number of aromatic nitrogens is 1. The number of anilines is 2. The summed E-state index contributed by atoms with van der Waals surface area (Å²) in [6.07, 6.45) is 3.37. The number of pyridine rings is 1. The van der Waals surface area contributed by atoms with Gasteiger partial charge in [-0.05, 0) is 42.5 Å². The third-order valence-corrected chi connectivity index (χ3v) is 3.06. The van der Waals surface area contributed by atoms with Gasteiger partial charge in [0.25, 0.3) is 0 Å². The quantitative estimate of drug-likeness (QED) is 0.815. The molecule has 2 N–H and O–H groups in total. The van der Waals surface area contributed by atoms with Crippen LogP contribution in [0.3, 0.4) is 0 Å². The lowest BCUT2D eigenvalue weighted by molar-refractivity contribution is 1.33. The molecule has 0 amide bonds. The van der Waals surface area contributed by atoms with Crippen molar-refractivity contribution in [1.82, 2.24) is 4.98 Å². The van der Waals surface area contributed by atoms with Crippen LogP contribution in [0.25, 0.3) is 0 Å². The van der Waals surface area contributed by atoms with Gasteiger partial charge in [-0.2, -0.15) is 0 Å². The Morgan fingerprint density at radius 3 is 2.28 bits per heavy atom. The summed E-state index contributed by atoms with van der Waals surface area (Å²) < 4.78 is 0. The number of rotatable bonds is 2. The first kappa shape index (κ1) is 13.1. The summed E-state index contributed by atoms with van der Waals surface area (Å²) in [5.41, 5.74) is 1.64. The van der Waals surface area contributed by atoms with Crippen molar-refractivity contribution >= 4 is 51.9 Å². The van der Waals surface area contributed by atoms with E-state index in [1.165, 1.54) is 0 Å². The molecule has 0 saturated heterocycles. The minimum absolute atomic E-state index is 0.472. The highest BCUT2D eigenvalue weighted by atomic mass is 35.5. The third-order valence-electron chi connectivity index (χ3n) is 2.12. The smallest absolute Gasteiger partial charge is 0.175 e. The van der Waals surface area contributed by atoms with Gasteiger partial charge in [-0.15, -0.1) is 0 Å². The molecule has 0 aliphatic carbocycles. The maximum Gasteiger partial charge on any atom is 0.175 e. The Morgan fingerprint density at radius 2 is 1.61 bits per heavy atom. The fourth-order valence-corrected chi connectivity index (χ4v) is 1.84. The Balaban J connectivity index is 2.01. The molecule has 3 nitrogen and oxygen atoms in total. The zero-order chi connectivity index (χ0) is 13.0. The Kier molecular flexibility index (Phi) is 4.36. The Hall–Kier alpha value is -1.36. The van der Waals surface area contributed by atoms with Gasteiger partial charge in [0, 0.05) is 23.8 Å². The van der Waals surface area contributed by atoms with Crippen LogP contribution in [0, 0.1) is 0 Å². The highest BCUT2D eigenvalue weighted by Gasteiger charge is 2.02. The molecule has 0 radical (unpaired) electrons. The van der Waals surface area contributed by atoms with E-state index in [0.29, 0.717) is 15.2 Å². The van der Waals surface area contributed by atoms with Crippen molar-refractivity contribution in [2.45, 2.75) is 0 Å². The molecule has 2 rings (SSSR count). The van der Waals surface area contributed by atoms with E-state index >= 15 is 0 Å². The largest absolute Gasteiger partial charge is 0.332 e. The molecule has 0 bridgehead atoms. The lowest BCUT2D eigenvalue weighted by atomic mass is 10.3. The lowest BCUT2D eigenvalue weighted by Crippen LogP contribution is -2.18. The van der Waals surface area contributed by atoms with Crippen molar-refractivity contribution in [3.05, 3.63) is 52.8 Å².